The molecular formula is C12H20N6. The van der Waals surface area contributed by atoms with E-state index in [0.29, 0.717) is 12.5 Å². The van der Waals surface area contributed by atoms with E-state index >= 15 is 0 Å². The normalized spacial score (nSPS) is 13.2. The molecule has 0 radical (unpaired) electrons. The van der Waals surface area contributed by atoms with E-state index < -0.39 is 0 Å². The largest absolute Gasteiger partial charge is 0.325 e. The Hall–Kier alpha value is -1.69. The quantitative estimate of drug-likeness (QED) is 0.860. The minimum atomic E-state index is 0.0104. The Kier molecular flexibility index (Phi) is 3.76. The predicted octanol–water partition coefficient (Wildman–Crippen LogP) is 1.11. The zero-order valence-corrected chi connectivity index (χ0v) is 11.1. The van der Waals surface area contributed by atoms with Gasteiger partial charge in [0.2, 0.25) is 0 Å². The number of aryl methyl sites for hydroxylation is 1. The highest BCUT2D eigenvalue weighted by Gasteiger charge is 2.14. The van der Waals surface area contributed by atoms with Crippen molar-refractivity contribution in [2.75, 3.05) is 0 Å². The summed E-state index contributed by atoms with van der Waals surface area (Å²) in [5.74, 6) is 1.34. The molecular weight excluding hydrogens is 228 g/mol. The van der Waals surface area contributed by atoms with Gasteiger partial charge in [0.1, 0.15) is 6.33 Å². The van der Waals surface area contributed by atoms with Crippen LogP contribution in [0.4, 0.5) is 0 Å². The van der Waals surface area contributed by atoms with Gasteiger partial charge in [0.15, 0.2) is 5.82 Å². The molecule has 1 atom stereocenters. The molecule has 2 rings (SSSR count). The smallest absolute Gasteiger partial charge is 0.170 e. The third kappa shape index (κ3) is 2.95. The predicted molar refractivity (Wildman–Crippen MR) is 68.7 cm³/mol. The molecule has 98 valence electrons. The SMILES string of the molecule is CC(C)CC(N)c1cncn1Cc1ncn(C)n1. The maximum atomic E-state index is 6.19. The van der Waals surface area contributed by atoms with Gasteiger partial charge >= 0.3 is 0 Å². The van der Waals surface area contributed by atoms with Crippen LogP contribution < -0.4 is 5.73 Å². The van der Waals surface area contributed by atoms with Gasteiger partial charge < -0.3 is 10.3 Å². The first-order valence-electron chi connectivity index (χ1n) is 6.16. The van der Waals surface area contributed by atoms with E-state index in [9.17, 15) is 0 Å². The second kappa shape index (κ2) is 5.30. The summed E-state index contributed by atoms with van der Waals surface area (Å²) in [6.07, 6.45) is 6.25. The molecule has 0 bridgehead atoms. The minimum Gasteiger partial charge on any atom is -0.325 e. The topological polar surface area (TPSA) is 74.5 Å². The molecule has 0 saturated carbocycles. The van der Waals surface area contributed by atoms with Crippen molar-refractivity contribution in [3.8, 4) is 0 Å². The van der Waals surface area contributed by atoms with E-state index in [1.54, 1.807) is 17.3 Å². The summed E-state index contributed by atoms with van der Waals surface area (Å²) < 4.78 is 3.71. The fourth-order valence-corrected chi connectivity index (χ4v) is 2.01. The number of aromatic nitrogens is 5. The molecule has 0 aliphatic rings. The number of rotatable bonds is 5. The van der Waals surface area contributed by atoms with Gasteiger partial charge in [-0.15, -0.1) is 0 Å². The molecule has 0 aliphatic heterocycles. The van der Waals surface area contributed by atoms with Crippen molar-refractivity contribution >= 4 is 0 Å². The first-order chi connectivity index (χ1) is 8.56. The van der Waals surface area contributed by atoms with Gasteiger partial charge in [-0.2, -0.15) is 5.10 Å². The number of hydrogen-bond acceptors (Lipinski definition) is 4. The average Bonchev–Trinajstić information content (AvgIpc) is 2.87. The molecule has 0 saturated heterocycles. The van der Waals surface area contributed by atoms with Gasteiger partial charge in [-0.05, 0) is 12.3 Å². The molecule has 0 aromatic carbocycles. The van der Waals surface area contributed by atoms with Gasteiger partial charge in [-0.1, -0.05) is 13.8 Å². The van der Waals surface area contributed by atoms with Crippen LogP contribution in [0.25, 0.3) is 0 Å². The summed E-state index contributed by atoms with van der Waals surface area (Å²) in [5, 5.41) is 4.26. The number of imidazole rings is 1. The molecule has 0 amide bonds. The lowest BCUT2D eigenvalue weighted by molar-refractivity contribution is 0.487. The van der Waals surface area contributed by atoms with E-state index in [0.717, 1.165) is 17.9 Å². The lowest BCUT2D eigenvalue weighted by Gasteiger charge is -2.15. The summed E-state index contributed by atoms with van der Waals surface area (Å²) in [6.45, 7) is 4.95. The Morgan fingerprint density at radius 1 is 1.33 bits per heavy atom. The molecule has 6 heteroatoms. The Bertz CT molecular complexity index is 498. The Morgan fingerprint density at radius 2 is 2.11 bits per heavy atom. The van der Waals surface area contributed by atoms with Crippen LogP contribution in [0.3, 0.4) is 0 Å². The number of nitrogens with two attached hydrogens (primary N) is 1. The van der Waals surface area contributed by atoms with Crippen molar-refractivity contribution in [2.24, 2.45) is 18.7 Å². The standard InChI is InChI=1S/C12H20N6/c1-9(2)4-10(13)11-5-14-7-18(11)6-12-15-8-17(3)16-12/h5,7-10H,4,6,13H2,1-3H3. The van der Waals surface area contributed by atoms with Crippen LogP contribution in [-0.4, -0.2) is 24.3 Å². The summed E-state index contributed by atoms with van der Waals surface area (Å²) >= 11 is 0. The van der Waals surface area contributed by atoms with Gasteiger partial charge in [-0.25, -0.2) is 9.97 Å². The lowest BCUT2D eigenvalue weighted by atomic mass is 10.0. The second-order valence-corrected chi connectivity index (χ2v) is 5.02. The maximum absolute atomic E-state index is 6.19. The molecule has 0 spiro atoms. The van der Waals surface area contributed by atoms with Gasteiger partial charge in [0, 0.05) is 19.3 Å². The maximum Gasteiger partial charge on any atom is 0.170 e. The van der Waals surface area contributed by atoms with Gasteiger partial charge in [-0.3, -0.25) is 4.68 Å². The van der Waals surface area contributed by atoms with Crippen LogP contribution in [0.1, 0.15) is 37.8 Å². The number of nitrogens with zero attached hydrogens (tertiary/aromatic N) is 5. The van der Waals surface area contributed by atoms with Crippen molar-refractivity contribution in [3.63, 3.8) is 0 Å². The highest BCUT2D eigenvalue weighted by atomic mass is 15.3. The van der Waals surface area contributed by atoms with Gasteiger partial charge in [0.25, 0.3) is 0 Å². The molecule has 2 N–H and O–H groups in total. The molecule has 2 aromatic heterocycles. The van der Waals surface area contributed by atoms with Crippen molar-refractivity contribution in [1.29, 1.82) is 0 Å². The molecule has 2 aromatic rings. The highest BCUT2D eigenvalue weighted by molar-refractivity contribution is 5.06. The van der Waals surface area contributed by atoms with Crippen molar-refractivity contribution in [1.82, 2.24) is 24.3 Å². The molecule has 0 aliphatic carbocycles. The van der Waals surface area contributed by atoms with E-state index in [4.69, 9.17) is 5.73 Å². The highest BCUT2D eigenvalue weighted by Crippen LogP contribution is 2.18. The van der Waals surface area contributed by atoms with Crippen molar-refractivity contribution in [2.45, 2.75) is 32.9 Å². The molecule has 0 fully saturated rings. The molecule has 1 unspecified atom stereocenters. The van der Waals surface area contributed by atoms with E-state index in [-0.39, 0.29) is 6.04 Å². The fourth-order valence-electron chi connectivity index (χ4n) is 2.01. The zero-order chi connectivity index (χ0) is 13.1. The van der Waals surface area contributed by atoms with Crippen LogP contribution in [0.15, 0.2) is 18.9 Å². The Morgan fingerprint density at radius 3 is 2.72 bits per heavy atom. The Labute approximate surface area is 107 Å². The first-order valence-corrected chi connectivity index (χ1v) is 6.16. The van der Waals surface area contributed by atoms with Crippen molar-refractivity contribution in [3.05, 3.63) is 30.4 Å². The first kappa shape index (κ1) is 12.8. The molecule has 6 nitrogen and oxygen atoms in total. The van der Waals surface area contributed by atoms with Crippen LogP contribution in [0, 0.1) is 5.92 Å². The zero-order valence-electron chi connectivity index (χ0n) is 11.1. The van der Waals surface area contributed by atoms with E-state index in [2.05, 4.69) is 28.9 Å². The molecule has 18 heavy (non-hydrogen) atoms. The third-order valence-corrected chi connectivity index (χ3v) is 2.81. The monoisotopic (exact) mass is 248 g/mol. The average molecular weight is 248 g/mol. The minimum absolute atomic E-state index is 0.0104. The summed E-state index contributed by atoms with van der Waals surface area (Å²) in [6, 6.07) is 0.0104. The van der Waals surface area contributed by atoms with Crippen molar-refractivity contribution < 1.29 is 0 Å². The fraction of sp³-hybridized carbons (Fsp3) is 0.583. The summed E-state index contributed by atoms with van der Waals surface area (Å²) in [4.78, 5) is 8.39. The third-order valence-electron chi connectivity index (χ3n) is 2.81. The van der Waals surface area contributed by atoms with Crippen LogP contribution in [-0.2, 0) is 13.6 Å². The Balaban J connectivity index is 2.12. The molecule has 2 heterocycles. The van der Waals surface area contributed by atoms with Crippen LogP contribution in [0.2, 0.25) is 0 Å². The lowest BCUT2D eigenvalue weighted by Crippen LogP contribution is -2.18. The van der Waals surface area contributed by atoms with Gasteiger partial charge in [0.05, 0.1) is 18.6 Å². The van der Waals surface area contributed by atoms with E-state index in [1.165, 1.54) is 0 Å². The van der Waals surface area contributed by atoms with Crippen LogP contribution >= 0.6 is 0 Å². The number of hydrogen-bond donors (Lipinski definition) is 1. The van der Waals surface area contributed by atoms with Crippen LogP contribution in [0.5, 0.6) is 0 Å². The summed E-state index contributed by atoms with van der Waals surface area (Å²) in [7, 11) is 1.86. The summed E-state index contributed by atoms with van der Waals surface area (Å²) in [5.41, 5.74) is 7.23. The second-order valence-electron chi connectivity index (χ2n) is 5.02. The van der Waals surface area contributed by atoms with E-state index in [1.807, 2.05) is 17.8 Å².